The lowest BCUT2D eigenvalue weighted by Gasteiger charge is -2.23. The van der Waals surface area contributed by atoms with Gasteiger partial charge in [-0.3, -0.25) is 4.79 Å². The third kappa shape index (κ3) is 2.86. The Morgan fingerprint density at radius 3 is 3.05 bits per heavy atom. The van der Waals surface area contributed by atoms with E-state index in [0.717, 1.165) is 18.5 Å². The largest absolute Gasteiger partial charge is 0.361 e. The lowest BCUT2D eigenvalue weighted by molar-refractivity contribution is -0.131. The molecule has 0 saturated carbocycles. The maximum atomic E-state index is 13.8. The number of amides is 1. The van der Waals surface area contributed by atoms with E-state index < -0.39 is 5.82 Å². The molecule has 0 N–H and O–H groups in total. The third-order valence-corrected chi connectivity index (χ3v) is 4.30. The van der Waals surface area contributed by atoms with Crippen LogP contribution < -0.4 is 0 Å². The molecule has 4 nitrogen and oxygen atoms in total. The molecule has 0 bridgehead atoms. The highest BCUT2D eigenvalue weighted by molar-refractivity contribution is 6.31. The molecule has 1 saturated heterocycles. The van der Waals surface area contributed by atoms with Crippen LogP contribution >= 0.6 is 11.6 Å². The summed E-state index contributed by atoms with van der Waals surface area (Å²) < 4.78 is 18.9. The molecule has 0 radical (unpaired) electrons. The van der Waals surface area contributed by atoms with Crippen molar-refractivity contribution in [3.05, 3.63) is 52.1 Å². The summed E-state index contributed by atoms with van der Waals surface area (Å²) in [7, 11) is 0. The number of aryl methyl sites for hydroxylation is 1. The number of aromatic nitrogens is 1. The minimum Gasteiger partial charge on any atom is -0.361 e. The third-order valence-electron chi connectivity index (χ3n) is 3.95. The summed E-state index contributed by atoms with van der Waals surface area (Å²) >= 11 is 6.00. The molecule has 1 aromatic heterocycles. The number of nitrogens with zero attached hydrogens (tertiary/aromatic N) is 2. The van der Waals surface area contributed by atoms with E-state index in [-0.39, 0.29) is 29.0 Å². The lowest BCUT2D eigenvalue weighted by atomic mass is 10.1. The van der Waals surface area contributed by atoms with E-state index >= 15 is 0 Å². The Morgan fingerprint density at radius 2 is 2.36 bits per heavy atom. The predicted octanol–water partition coefficient (Wildman–Crippen LogP) is 3.68. The first-order valence-corrected chi connectivity index (χ1v) is 7.59. The average Bonchev–Trinajstić information content (AvgIpc) is 3.11. The van der Waals surface area contributed by atoms with Crippen molar-refractivity contribution < 1.29 is 13.7 Å². The van der Waals surface area contributed by atoms with E-state index in [4.69, 9.17) is 16.1 Å². The van der Waals surface area contributed by atoms with Crippen LogP contribution in [0.1, 0.15) is 35.9 Å². The van der Waals surface area contributed by atoms with Crippen molar-refractivity contribution >= 4 is 17.5 Å². The van der Waals surface area contributed by atoms with Crippen molar-refractivity contribution in [2.24, 2.45) is 0 Å². The van der Waals surface area contributed by atoms with Crippen molar-refractivity contribution in [1.82, 2.24) is 10.1 Å². The van der Waals surface area contributed by atoms with Crippen molar-refractivity contribution in [2.75, 3.05) is 6.54 Å². The van der Waals surface area contributed by atoms with E-state index in [0.29, 0.717) is 12.3 Å². The topological polar surface area (TPSA) is 46.3 Å². The van der Waals surface area contributed by atoms with Gasteiger partial charge in [0.15, 0.2) is 0 Å². The molecule has 3 rings (SSSR count). The molecule has 2 aromatic rings. The summed E-state index contributed by atoms with van der Waals surface area (Å²) in [6.07, 6.45) is 1.69. The fraction of sp³-hybridized carbons (Fsp3) is 0.375. The van der Waals surface area contributed by atoms with Gasteiger partial charge in [-0.25, -0.2) is 4.39 Å². The van der Waals surface area contributed by atoms with Gasteiger partial charge in [0, 0.05) is 23.2 Å². The van der Waals surface area contributed by atoms with E-state index in [1.807, 2.05) is 13.0 Å². The molecule has 1 amide bonds. The van der Waals surface area contributed by atoms with Gasteiger partial charge >= 0.3 is 0 Å². The number of benzene rings is 1. The van der Waals surface area contributed by atoms with Crippen molar-refractivity contribution in [3.63, 3.8) is 0 Å². The Bertz CT molecular complexity index is 681. The molecule has 1 fully saturated rings. The smallest absolute Gasteiger partial charge is 0.227 e. The number of rotatable bonds is 3. The molecule has 116 valence electrons. The highest BCUT2D eigenvalue weighted by atomic mass is 35.5. The Hall–Kier alpha value is -1.88. The van der Waals surface area contributed by atoms with Crippen LogP contribution in [0.25, 0.3) is 0 Å². The normalized spacial score (nSPS) is 18.0. The van der Waals surface area contributed by atoms with Gasteiger partial charge in [-0.2, -0.15) is 0 Å². The molecule has 2 heterocycles. The van der Waals surface area contributed by atoms with Crippen molar-refractivity contribution in [1.29, 1.82) is 0 Å². The second kappa shape index (κ2) is 6.08. The fourth-order valence-corrected chi connectivity index (χ4v) is 3.10. The zero-order valence-corrected chi connectivity index (χ0v) is 12.9. The Kier molecular flexibility index (Phi) is 4.16. The summed E-state index contributed by atoms with van der Waals surface area (Å²) in [5.74, 6) is 0.121. The minimum absolute atomic E-state index is 0.0428. The molecule has 1 atom stereocenters. The van der Waals surface area contributed by atoms with Crippen LogP contribution in [0.2, 0.25) is 5.02 Å². The highest BCUT2D eigenvalue weighted by Crippen LogP contribution is 2.32. The first-order valence-electron chi connectivity index (χ1n) is 7.22. The molecule has 0 spiro atoms. The Morgan fingerprint density at radius 1 is 1.55 bits per heavy atom. The van der Waals surface area contributed by atoms with E-state index in [1.54, 1.807) is 11.0 Å². The predicted molar refractivity (Wildman–Crippen MR) is 80.0 cm³/mol. The van der Waals surface area contributed by atoms with Crippen LogP contribution in [0, 0.1) is 12.7 Å². The molecule has 22 heavy (non-hydrogen) atoms. The number of carbonyl (C=O) groups excluding carboxylic acids is 1. The maximum absolute atomic E-state index is 13.8. The highest BCUT2D eigenvalue weighted by Gasteiger charge is 2.32. The Labute approximate surface area is 132 Å². The number of halogens is 2. The SMILES string of the molecule is Cc1cc([C@H]2CCCN2C(=O)Cc2c(F)cccc2Cl)no1. The van der Waals surface area contributed by atoms with E-state index in [1.165, 1.54) is 12.1 Å². The van der Waals surface area contributed by atoms with Gasteiger partial charge < -0.3 is 9.42 Å². The van der Waals surface area contributed by atoms with Gasteiger partial charge in [-0.05, 0) is 31.9 Å². The standard InChI is InChI=1S/C16H16ClFN2O2/c1-10-8-14(19-22-10)15-6-3-7-20(15)16(21)9-11-12(17)4-2-5-13(11)18/h2,4-5,8,15H,3,6-7,9H2,1H3/t15-/m1/s1. The minimum atomic E-state index is -0.450. The Balaban J connectivity index is 1.79. The van der Waals surface area contributed by atoms with Crippen LogP contribution in [0.15, 0.2) is 28.8 Å². The van der Waals surface area contributed by atoms with Crippen LogP contribution in [0.3, 0.4) is 0 Å². The van der Waals surface area contributed by atoms with Crippen LogP contribution in [0.5, 0.6) is 0 Å². The lowest BCUT2D eigenvalue weighted by Crippen LogP contribution is -2.32. The van der Waals surface area contributed by atoms with Crippen LogP contribution in [-0.4, -0.2) is 22.5 Å². The molecule has 1 aliphatic heterocycles. The van der Waals surface area contributed by atoms with Gasteiger partial charge in [-0.1, -0.05) is 22.8 Å². The number of likely N-dealkylation sites (tertiary alicyclic amines) is 1. The van der Waals surface area contributed by atoms with Gasteiger partial charge in [-0.15, -0.1) is 0 Å². The summed E-state index contributed by atoms with van der Waals surface area (Å²) in [6.45, 7) is 2.46. The van der Waals surface area contributed by atoms with Crippen LogP contribution in [-0.2, 0) is 11.2 Å². The molecular formula is C16H16ClFN2O2. The van der Waals surface area contributed by atoms with Gasteiger partial charge in [0.25, 0.3) is 0 Å². The zero-order chi connectivity index (χ0) is 15.7. The van der Waals surface area contributed by atoms with Gasteiger partial charge in [0.2, 0.25) is 5.91 Å². The molecule has 1 aliphatic rings. The maximum Gasteiger partial charge on any atom is 0.227 e. The quantitative estimate of drug-likeness (QED) is 0.866. The summed E-state index contributed by atoms with van der Waals surface area (Å²) in [5.41, 5.74) is 0.999. The number of hydrogen-bond acceptors (Lipinski definition) is 3. The van der Waals surface area contributed by atoms with Crippen LogP contribution in [0.4, 0.5) is 4.39 Å². The second-order valence-corrected chi connectivity index (χ2v) is 5.89. The molecule has 6 heteroatoms. The summed E-state index contributed by atoms with van der Waals surface area (Å²) in [6, 6.07) is 6.18. The van der Waals surface area contributed by atoms with Gasteiger partial charge in [0.1, 0.15) is 17.3 Å². The zero-order valence-electron chi connectivity index (χ0n) is 12.2. The van der Waals surface area contributed by atoms with Gasteiger partial charge in [0.05, 0.1) is 12.5 Å². The summed E-state index contributed by atoms with van der Waals surface area (Å²) in [5, 5.41) is 4.28. The van der Waals surface area contributed by atoms with Crippen molar-refractivity contribution in [2.45, 2.75) is 32.2 Å². The second-order valence-electron chi connectivity index (χ2n) is 5.48. The number of carbonyl (C=O) groups is 1. The number of hydrogen-bond donors (Lipinski definition) is 0. The fourth-order valence-electron chi connectivity index (χ4n) is 2.87. The average molecular weight is 323 g/mol. The first-order chi connectivity index (χ1) is 10.6. The monoisotopic (exact) mass is 322 g/mol. The molecule has 1 aromatic carbocycles. The molecule has 0 aliphatic carbocycles. The molecule has 0 unspecified atom stereocenters. The van der Waals surface area contributed by atoms with E-state index in [2.05, 4.69) is 5.16 Å². The molecular weight excluding hydrogens is 307 g/mol. The summed E-state index contributed by atoms with van der Waals surface area (Å²) in [4.78, 5) is 14.3. The van der Waals surface area contributed by atoms with Crippen molar-refractivity contribution in [3.8, 4) is 0 Å². The van der Waals surface area contributed by atoms with E-state index in [9.17, 15) is 9.18 Å². The first kappa shape index (κ1) is 15.0.